The Kier molecular flexibility index (Phi) is 3.28. The van der Waals surface area contributed by atoms with Crippen molar-refractivity contribution in [2.24, 2.45) is 11.1 Å². The molecule has 1 aromatic rings. The number of nitrogens with two attached hydrogens (primary N) is 1. The molecule has 92 valence electrons. The molecular formula is C12H13F2NOS. The van der Waals surface area contributed by atoms with Gasteiger partial charge in [0.1, 0.15) is 5.82 Å². The van der Waals surface area contributed by atoms with E-state index in [1.807, 2.05) is 0 Å². The van der Waals surface area contributed by atoms with Crippen LogP contribution in [-0.2, 0) is 0 Å². The zero-order valence-electron chi connectivity index (χ0n) is 9.21. The highest BCUT2D eigenvalue weighted by molar-refractivity contribution is 7.80. The first-order chi connectivity index (χ1) is 8.01. The minimum atomic E-state index is -0.558. The summed E-state index contributed by atoms with van der Waals surface area (Å²) in [6, 6.07) is 3.16. The van der Waals surface area contributed by atoms with Crippen molar-refractivity contribution in [3.63, 3.8) is 0 Å². The number of hydrogen-bond acceptors (Lipinski definition) is 2. The van der Waals surface area contributed by atoms with E-state index in [0.29, 0.717) is 18.0 Å². The van der Waals surface area contributed by atoms with E-state index < -0.39 is 11.6 Å². The van der Waals surface area contributed by atoms with Gasteiger partial charge in [-0.1, -0.05) is 12.2 Å². The first-order valence-electron chi connectivity index (χ1n) is 5.37. The molecule has 0 amide bonds. The summed E-state index contributed by atoms with van der Waals surface area (Å²) in [5, 5.41) is 0. The van der Waals surface area contributed by atoms with Crippen molar-refractivity contribution in [1.82, 2.24) is 0 Å². The fourth-order valence-corrected chi connectivity index (χ4v) is 2.04. The molecule has 1 saturated carbocycles. The molecule has 2 nitrogen and oxygen atoms in total. The molecule has 0 aromatic heterocycles. The van der Waals surface area contributed by atoms with Gasteiger partial charge in [0.05, 0.1) is 11.6 Å². The number of rotatable bonds is 5. The lowest BCUT2D eigenvalue weighted by Gasteiger charge is -2.15. The maximum absolute atomic E-state index is 13.3. The van der Waals surface area contributed by atoms with Crippen LogP contribution in [0.5, 0.6) is 5.75 Å². The highest BCUT2D eigenvalue weighted by Crippen LogP contribution is 2.49. The van der Waals surface area contributed by atoms with Gasteiger partial charge in [-0.25, -0.2) is 8.78 Å². The lowest BCUT2D eigenvalue weighted by molar-refractivity contribution is 0.229. The maximum Gasteiger partial charge on any atom is 0.165 e. The van der Waals surface area contributed by atoms with Gasteiger partial charge in [0, 0.05) is 17.9 Å². The van der Waals surface area contributed by atoms with Crippen molar-refractivity contribution in [3.05, 3.63) is 29.8 Å². The molecule has 0 heterocycles. The predicted molar refractivity (Wildman–Crippen MR) is 64.9 cm³/mol. The van der Waals surface area contributed by atoms with Crippen LogP contribution < -0.4 is 10.5 Å². The van der Waals surface area contributed by atoms with E-state index in [1.165, 1.54) is 0 Å². The van der Waals surface area contributed by atoms with Crippen LogP contribution in [0.4, 0.5) is 8.78 Å². The van der Waals surface area contributed by atoms with Crippen molar-refractivity contribution in [2.75, 3.05) is 6.61 Å². The fraction of sp³-hybridized carbons (Fsp3) is 0.417. The molecule has 1 fully saturated rings. The van der Waals surface area contributed by atoms with Crippen LogP contribution in [0, 0.1) is 17.0 Å². The van der Waals surface area contributed by atoms with Crippen LogP contribution in [0.15, 0.2) is 18.2 Å². The topological polar surface area (TPSA) is 35.2 Å². The summed E-state index contributed by atoms with van der Waals surface area (Å²) in [5.74, 6) is -1.13. The molecule has 0 radical (unpaired) electrons. The van der Waals surface area contributed by atoms with Gasteiger partial charge >= 0.3 is 0 Å². The second-order valence-corrected chi connectivity index (χ2v) is 5.03. The summed E-state index contributed by atoms with van der Waals surface area (Å²) >= 11 is 4.85. The van der Waals surface area contributed by atoms with Crippen LogP contribution in [-0.4, -0.2) is 11.6 Å². The van der Waals surface area contributed by atoms with Crippen LogP contribution in [0.1, 0.15) is 19.3 Å². The number of hydrogen-bond donors (Lipinski definition) is 1. The largest absolute Gasteiger partial charge is 0.490 e. The standard InChI is InChI=1S/C12H13F2NOS/c13-8-1-2-9(14)10(5-8)16-7-12(3-4-12)6-11(15)17/h1-2,5H,3-4,6-7H2,(H2,15,17). The van der Waals surface area contributed by atoms with Gasteiger partial charge in [0.25, 0.3) is 0 Å². The quantitative estimate of drug-likeness (QED) is 0.824. The van der Waals surface area contributed by atoms with Crippen molar-refractivity contribution >= 4 is 17.2 Å². The van der Waals surface area contributed by atoms with Gasteiger partial charge in [0.15, 0.2) is 11.6 Å². The molecule has 1 aliphatic rings. The Morgan fingerprint density at radius 2 is 2.12 bits per heavy atom. The number of thiocarbonyl (C=S) groups is 1. The molecule has 2 rings (SSSR count). The van der Waals surface area contributed by atoms with Gasteiger partial charge in [-0.05, 0) is 25.0 Å². The van der Waals surface area contributed by atoms with Crippen LogP contribution >= 0.6 is 12.2 Å². The lowest BCUT2D eigenvalue weighted by atomic mass is 10.0. The summed E-state index contributed by atoms with van der Waals surface area (Å²) in [4.78, 5) is 0.436. The Bertz CT molecular complexity index is 446. The van der Waals surface area contributed by atoms with Gasteiger partial charge in [0.2, 0.25) is 0 Å². The van der Waals surface area contributed by atoms with Crippen LogP contribution in [0.2, 0.25) is 0 Å². The summed E-state index contributed by atoms with van der Waals surface area (Å²) in [5.41, 5.74) is 5.42. The summed E-state index contributed by atoms with van der Waals surface area (Å²) in [6.45, 7) is 0.324. The van der Waals surface area contributed by atoms with Crippen molar-refractivity contribution in [2.45, 2.75) is 19.3 Å². The van der Waals surface area contributed by atoms with E-state index in [-0.39, 0.29) is 11.2 Å². The van der Waals surface area contributed by atoms with Gasteiger partial charge in [-0.3, -0.25) is 0 Å². The summed E-state index contributed by atoms with van der Waals surface area (Å²) < 4.78 is 31.5. The second kappa shape index (κ2) is 4.56. The average molecular weight is 257 g/mol. The molecule has 5 heteroatoms. The molecule has 0 spiro atoms. The predicted octanol–water partition coefficient (Wildman–Crippen LogP) is 2.80. The van der Waals surface area contributed by atoms with E-state index in [0.717, 1.165) is 31.0 Å². The molecule has 1 aliphatic carbocycles. The second-order valence-electron chi connectivity index (χ2n) is 4.51. The van der Waals surface area contributed by atoms with E-state index >= 15 is 0 Å². The van der Waals surface area contributed by atoms with E-state index in [4.69, 9.17) is 22.7 Å². The average Bonchev–Trinajstić information content (AvgIpc) is 2.99. The molecule has 0 unspecified atom stereocenters. The Hall–Kier alpha value is -1.23. The lowest BCUT2D eigenvalue weighted by Crippen LogP contribution is -2.21. The first kappa shape index (κ1) is 12.2. The van der Waals surface area contributed by atoms with Gasteiger partial charge in [-0.15, -0.1) is 0 Å². The van der Waals surface area contributed by atoms with Crippen LogP contribution in [0.25, 0.3) is 0 Å². The number of halogens is 2. The molecule has 1 aromatic carbocycles. The smallest absolute Gasteiger partial charge is 0.165 e. The highest BCUT2D eigenvalue weighted by atomic mass is 32.1. The van der Waals surface area contributed by atoms with Gasteiger partial charge < -0.3 is 10.5 Å². The normalized spacial score (nSPS) is 16.6. The van der Waals surface area contributed by atoms with E-state index in [1.54, 1.807) is 0 Å². The third kappa shape index (κ3) is 3.12. The maximum atomic E-state index is 13.3. The third-order valence-corrected chi connectivity index (χ3v) is 3.08. The van der Waals surface area contributed by atoms with Gasteiger partial charge in [-0.2, -0.15) is 0 Å². The third-order valence-electron chi connectivity index (χ3n) is 2.93. The first-order valence-corrected chi connectivity index (χ1v) is 5.78. The number of ether oxygens (including phenoxy) is 1. The minimum Gasteiger partial charge on any atom is -0.490 e. The SMILES string of the molecule is NC(=S)CC1(COc2cc(F)ccc2F)CC1. The number of benzene rings is 1. The summed E-state index contributed by atoms with van der Waals surface area (Å²) in [6.07, 6.45) is 2.52. The molecule has 17 heavy (non-hydrogen) atoms. The molecule has 0 aliphatic heterocycles. The molecule has 0 saturated heterocycles. The van der Waals surface area contributed by atoms with E-state index in [2.05, 4.69) is 0 Å². The van der Waals surface area contributed by atoms with Crippen molar-refractivity contribution < 1.29 is 13.5 Å². The van der Waals surface area contributed by atoms with E-state index in [9.17, 15) is 8.78 Å². The molecular weight excluding hydrogens is 244 g/mol. The van der Waals surface area contributed by atoms with Crippen molar-refractivity contribution in [3.8, 4) is 5.75 Å². The van der Waals surface area contributed by atoms with Crippen LogP contribution in [0.3, 0.4) is 0 Å². The molecule has 2 N–H and O–H groups in total. The Labute approximate surface area is 104 Å². The Morgan fingerprint density at radius 3 is 2.71 bits per heavy atom. The zero-order chi connectivity index (χ0) is 12.5. The molecule has 0 atom stereocenters. The Morgan fingerprint density at radius 1 is 1.41 bits per heavy atom. The summed E-state index contributed by atoms with van der Waals surface area (Å²) in [7, 11) is 0. The van der Waals surface area contributed by atoms with Crippen molar-refractivity contribution in [1.29, 1.82) is 0 Å². The fourth-order valence-electron chi connectivity index (χ4n) is 1.74. The minimum absolute atomic E-state index is 0.0563. The Balaban J connectivity index is 1.98. The monoisotopic (exact) mass is 257 g/mol. The zero-order valence-corrected chi connectivity index (χ0v) is 10.0. The molecule has 0 bridgehead atoms. The highest BCUT2D eigenvalue weighted by Gasteiger charge is 2.44.